The molecule has 1 N–H and O–H groups in total. The van der Waals surface area contributed by atoms with Crippen molar-refractivity contribution in [2.24, 2.45) is 0 Å². The molecular formula is C12H13N3O2. The molecule has 1 amide bonds. The van der Waals surface area contributed by atoms with Crippen molar-refractivity contribution in [2.45, 2.75) is 19.9 Å². The SMILES string of the molecule is Cc1nonc1C(=O)NC(C)c1ccccc1. The highest BCUT2D eigenvalue weighted by Crippen LogP contribution is 2.12. The van der Waals surface area contributed by atoms with Crippen molar-refractivity contribution < 1.29 is 9.42 Å². The maximum atomic E-state index is 11.8. The van der Waals surface area contributed by atoms with Crippen LogP contribution in [0.25, 0.3) is 0 Å². The topological polar surface area (TPSA) is 68.0 Å². The fraction of sp³-hybridized carbons (Fsp3) is 0.250. The minimum absolute atomic E-state index is 0.0835. The van der Waals surface area contributed by atoms with E-state index in [-0.39, 0.29) is 17.6 Å². The molecule has 1 unspecified atom stereocenters. The highest BCUT2D eigenvalue weighted by Gasteiger charge is 2.17. The fourth-order valence-electron chi connectivity index (χ4n) is 1.53. The third kappa shape index (κ3) is 2.50. The number of benzene rings is 1. The van der Waals surface area contributed by atoms with E-state index in [4.69, 9.17) is 0 Å². The molecule has 0 aliphatic rings. The predicted octanol–water partition coefficient (Wildman–Crippen LogP) is 1.87. The monoisotopic (exact) mass is 231 g/mol. The summed E-state index contributed by atoms with van der Waals surface area (Å²) < 4.78 is 4.49. The molecule has 17 heavy (non-hydrogen) atoms. The second-order valence-corrected chi connectivity index (χ2v) is 3.80. The van der Waals surface area contributed by atoms with Crippen LogP contribution < -0.4 is 5.32 Å². The average molecular weight is 231 g/mol. The Kier molecular flexibility index (Phi) is 3.18. The van der Waals surface area contributed by atoms with E-state index in [0.29, 0.717) is 5.69 Å². The first kappa shape index (κ1) is 11.3. The lowest BCUT2D eigenvalue weighted by Gasteiger charge is -2.12. The number of rotatable bonds is 3. The van der Waals surface area contributed by atoms with E-state index in [0.717, 1.165) is 5.56 Å². The summed E-state index contributed by atoms with van der Waals surface area (Å²) in [4.78, 5) is 11.8. The predicted molar refractivity (Wildman–Crippen MR) is 61.4 cm³/mol. The molecular weight excluding hydrogens is 218 g/mol. The summed E-state index contributed by atoms with van der Waals surface area (Å²) in [5.41, 5.74) is 1.76. The Hall–Kier alpha value is -2.17. The minimum Gasteiger partial charge on any atom is -0.344 e. The standard InChI is InChI=1S/C12H13N3O2/c1-8(10-6-4-3-5-7-10)13-12(16)11-9(2)14-17-15-11/h3-8H,1-2H3,(H,13,16). The molecule has 88 valence electrons. The Bertz CT molecular complexity index is 507. The second-order valence-electron chi connectivity index (χ2n) is 3.80. The zero-order chi connectivity index (χ0) is 12.3. The molecule has 0 bridgehead atoms. The van der Waals surface area contributed by atoms with Gasteiger partial charge in [0.25, 0.3) is 5.91 Å². The number of nitrogens with zero attached hydrogens (tertiary/aromatic N) is 2. The molecule has 1 aromatic heterocycles. The van der Waals surface area contributed by atoms with Gasteiger partial charge in [0.15, 0.2) is 5.69 Å². The molecule has 0 aliphatic heterocycles. The molecule has 2 rings (SSSR count). The van der Waals surface area contributed by atoms with Gasteiger partial charge < -0.3 is 5.32 Å². The summed E-state index contributed by atoms with van der Waals surface area (Å²) in [6, 6.07) is 9.63. The van der Waals surface area contributed by atoms with Gasteiger partial charge in [-0.05, 0) is 24.6 Å². The van der Waals surface area contributed by atoms with E-state index < -0.39 is 0 Å². The van der Waals surface area contributed by atoms with E-state index in [9.17, 15) is 4.79 Å². The van der Waals surface area contributed by atoms with Crippen LogP contribution >= 0.6 is 0 Å². The summed E-state index contributed by atoms with van der Waals surface area (Å²) >= 11 is 0. The van der Waals surface area contributed by atoms with Crippen molar-refractivity contribution >= 4 is 5.91 Å². The van der Waals surface area contributed by atoms with Gasteiger partial charge >= 0.3 is 0 Å². The molecule has 0 radical (unpaired) electrons. The third-order valence-corrected chi connectivity index (χ3v) is 2.51. The van der Waals surface area contributed by atoms with Crippen molar-refractivity contribution in [2.75, 3.05) is 0 Å². The van der Waals surface area contributed by atoms with Gasteiger partial charge in [0.05, 0.1) is 6.04 Å². The Morgan fingerprint density at radius 3 is 2.59 bits per heavy atom. The van der Waals surface area contributed by atoms with Gasteiger partial charge in [0.2, 0.25) is 0 Å². The van der Waals surface area contributed by atoms with Gasteiger partial charge in [0, 0.05) is 0 Å². The molecule has 5 heteroatoms. The number of carbonyl (C=O) groups is 1. The number of aromatic nitrogens is 2. The Morgan fingerprint density at radius 1 is 1.29 bits per heavy atom. The van der Waals surface area contributed by atoms with Gasteiger partial charge in [-0.3, -0.25) is 4.79 Å². The lowest BCUT2D eigenvalue weighted by molar-refractivity contribution is 0.0929. The average Bonchev–Trinajstić information content (AvgIpc) is 2.76. The van der Waals surface area contributed by atoms with Crippen LogP contribution in [-0.2, 0) is 0 Å². The number of amides is 1. The van der Waals surface area contributed by atoms with Crippen LogP contribution in [0.1, 0.15) is 34.7 Å². The number of hydrogen-bond acceptors (Lipinski definition) is 4. The Labute approximate surface area is 98.8 Å². The van der Waals surface area contributed by atoms with Crippen LogP contribution in [0, 0.1) is 6.92 Å². The maximum absolute atomic E-state index is 11.8. The van der Waals surface area contributed by atoms with E-state index in [2.05, 4.69) is 20.3 Å². The molecule has 2 aromatic rings. The fourth-order valence-corrected chi connectivity index (χ4v) is 1.53. The smallest absolute Gasteiger partial charge is 0.275 e. The number of aryl methyl sites for hydroxylation is 1. The lowest BCUT2D eigenvalue weighted by Crippen LogP contribution is -2.27. The lowest BCUT2D eigenvalue weighted by atomic mass is 10.1. The summed E-state index contributed by atoms with van der Waals surface area (Å²) in [7, 11) is 0. The second kappa shape index (κ2) is 4.78. The van der Waals surface area contributed by atoms with Gasteiger partial charge in [-0.2, -0.15) is 0 Å². The van der Waals surface area contributed by atoms with E-state index in [1.165, 1.54) is 0 Å². The molecule has 0 aliphatic carbocycles. The minimum atomic E-state index is -0.278. The quantitative estimate of drug-likeness (QED) is 0.875. The third-order valence-electron chi connectivity index (χ3n) is 2.51. The van der Waals surface area contributed by atoms with Crippen molar-refractivity contribution in [3.63, 3.8) is 0 Å². The summed E-state index contributed by atoms with van der Waals surface area (Å²) in [6.45, 7) is 3.59. The normalized spacial score (nSPS) is 12.1. The van der Waals surface area contributed by atoms with Gasteiger partial charge in [-0.25, -0.2) is 4.63 Å². The van der Waals surface area contributed by atoms with Crippen molar-refractivity contribution in [3.8, 4) is 0 Å². The number of carbonyl (C=O) groups excluding carboxylic acids is 1. The molecule has 5 nitrogen and oxygen atoms in total. The van der Waals surface area contributed by atoms with Crippen molar-refractivity contribution in [1.82, 2.24) is 15.6 Å². The van der Waals surface area contributed by atoms with Crippen molar-refractivity contribution in [1.29, 1.82) is 0 Å². The summed E-state index contributed by atoms with van der Waals surface area (Å²) in [5.74, 6) is -0.278. The first-order valence-corrected chi connectivity index (χ1v) is 5.33. The van der Waals surface area contributed by atoms with Crippen LogP contribution in [0.3, 0.4) is 0 Å². The van der Waals surface area contributed by atoms with E-state index in [1.807, 2.05) is 37.3 Å². The Morgan fingerprint density at radius 2 is 2.00 bits per heavy atom. The van der Waals surface area contributed by atoms with Crippen LogP contribution in [0.15, 0.2) is 35.0 Å². The summed E-state index contributed by atoms with van der Waals surface area (Å²) in [5, 5.41) is 9.97. The molecule has 1 atom stereocenters. The van der Waals surface area contributed by atoms with Crippen LogP contribution in [-0.4, -0.2) is 16.2 Å². The van der Waals surface area contributed by atoms with Gasteiger partial charge in [-0.1, -0.05) is 35.5 Å². The molecule has 1 heterocycles. The summed E-state index contributed by atoms with van der Waals surface area (Å²) in [6.07, 6.45) is 0. The number of nitrogens with one attached hydrogen (secondary N) is 1. The highest BCUT2D eigenvalue weighted by atomic mass is 16.6. The zero-order valence-electron chi connectivity index (χ0n) is 9.68. The molecule has 1 aromatic carbocycles. The first-order chi connectivity index (χ1) is 8.18. The van der Waals surface area contributed by atoms with E-state index >= 15 is 0 Å². The van der Waals surface area contributed by atoms with Crippen LogP contribution in [0.2, 0.25) is 0 Å². The van der Waals surface area contributed by atoms with E-state index in [1.54, 1.807) is 6.92 Å². The number of hydrogen-bond donors (Lipinski definition) is 1. The molecule has 0 fully saturated rings. The van der Waals surface area contributed by atoms with Crippen LogP contribution in [0.5, 0.6) is 0 Å². The highest BCUT2D eigenvalue weighted by molar-refractivity contribution is 5.93. The molecule has 0 saturated carbocycles. The largest absolute Gasteiger partial charge is 0.344 e. The maximum Gasteiger partial charge on any atom is 0.275 e. The first-order valence-electron chi connectivity index (χ1n) is 5.33. The van der Waals surface area contributed by atoms with Gasteiger partial charge in [-0.15, -0.1) is 0 Å². The van der Waals surface area contributed by atoms with Gasteiger partial charge in [0.1, 0.15) is 5.69 Å². The zero-order valence-corrected chi connectivity index (χ0v) is 9.68. The Balaban J connectivity index is 2.08. The molecule has 0 spiro atoms. The molecule has 0 saturated heterocycles. The van der Waals surface area contributed by atoms with Crippen molar-refractivity contribution in [3.05, 3.63) is 47.3 Å². The van der Waals surface area contributed by atoms with Crippen LogP contribution in [0.4, 0.5) is 0 Å².